The van der Waals surface area contributed by atoms with Crippen molar-refractivity contribution < 1.29 is 4.79 Å². The average Bonchev–Trinajstić information content (AvgIpc) is 2.53. The van der Waals surface area contributed by atoms with Crippen molar-refractivity contribution in [3.63, 3.8) is 0 Å². The van der Waals surface area contributed by atoms with Crippen molar-refractivity contribution in [2.45, 2.75) is 12.8 Å². The predicted octanol–water partition coefficient (Wildman–Crippen LogP) is 3.07. The number of hydrogen-bond donors (Lipinski definition) is 1. The first kappa shape index (κ1) is 15.8. The summed E-state index contributed by atoms with van der Waals surface area (Å²) in [7, 11) is 0. The number of rotatable bonds is 2. The van der Waals surface area contributed by atoms with Gasteiger partial charge in [0.15, 0.2) is 0 Å². The molecule has 112 valence electrons. The van der Waals surface area contributed by atoms with Crippen LogP contribution in [0.4, 0.5) is 0 Å². The number of piperidine rings is 1. The lowest BCUT2D eigenvalue weighted by Crippen LogP contribution is -2.42. The molecule has 3 rings (SSSR count). The quantitative estimate of drug-likeness (QED) is 0.927. The van der Waals surface area contributed by atoms with Crippen LogP contribution in [0.3, 0.4) is 0 Å². The van der Waals surface area contributed by atoms with Gasteiger partial charge in [0.2, 0.25) is 0 Å². The molecule has 0 aromatic heterocycles. The van der Waals surface area contributed by atoms with Crippen molar-refractivity contribution >= 4 is 29.1 Å². The summed E-state index contributed by atoms with van der Waals surface area (Å²) in [5, 5.41) is 2.29. The van der Waals surface area contributed by atoms with E-state index in [-0.39, 0.29) is 18.3 Å². The summed E-state index contributed by atoms with van der Waals surface area (Å²) in [5.74, 6) is 0.585. The number of halogens is 1. The molecule has 0 saturated carbocycles. The molecule has 2 aromatic rings. The third kappa shape index (κ3) is 3.36. The summed E-state index contributed by atoms with van der Waals surface area (Å²) in [5.41, 5.74) is 6.52. The lowest BCUT2D eigenvalue weighted by Gasteiger charge is -2.32. The zero-order valence-electron chi connectivity index (χ0n) is 12.0. The number of carbonyl (C=O) groups excluding carboxylic acids is 1. The van der Waals surface area contributed by atoms with Gasteiger partial charge >= 0.3 is 0 Å². The summed E-state index contributed by atoms with van der Waals surface area (Å²) in [4.78, 5) is 14.5. The zero-order chi connectivity index (χ0) is 13.9. The second-order valence-electron chi connectivity index (χ2n) is 5.56. The number of nitrogens with zero attached hydrogens (tertiary/aromatic N) is 1. The first-order valence-electron chi connectivity index (χ1n) is 7.26. The van der Waals surface area contributed by atoms with Crippen LogP contribution in [-0.2, 0) is 0 Å². The molecule has 0 spiro atoms. The smallest absolute Gasteiger partial charge is 0.253 e. The maximum Gasteiger partial charge on any atom is 0.253 e. The molecule has 1 aliphatic heterocycles. The monoisotopic (exact) mass is 304 g/mol. The number of fused-ring (bicyclic) bond motifs is 1. The van der Waals surface area contributed by atoms with Gasteiger partial charge in [-0.1, -0.05) is 30.3 Å². The van der Waals surface area contributed by atoms with Gasteiger partial charge in [-0.2, -0.15) is 0 Å². The molecule has 0 bridgehead atoms. The molecule has 0 aliphatic carbocycles. The van der Waals surface area contributed by atoms with E-state index in [0.717, 1.165) is 36.9 Å². The third-order valence-electron chi connectivity index (χ3n) is 4.14. The second-order valence-corrected chi connectivity index (χ2v) is 5.56. The topological polar surface area (TPSA) is 46.3 Å². The third-order valence-corrected chi connectivity index (χ3v) is 4.14. The molecule has 1 saturated heterocycles. The summed E-state index contributed by atoms with van der Waals surface area (Å²) < 4.78 is 0. The van der Waals surface area contributed by atoms with Crippen molar-refractivity contribution in [2.75, 3.05) is 19.6 Å². The first-order valence-corrected chi connectivity index (χ1v) is 7.26. The Bertz CT molecular complexity index is 629. The molecular weight excluding hydrogens is 284 g/mol. The number of carbonyl (C=O) groups is 1. The average molecular weight is 305 g/mol. The largest absolute Gasteiger partial charge is 0.338 e. The SMILES string of the molecule is Cl.NCC1CCCN(C(=O)c2ccc3ccccc3c2)C1. The highest BCUT2D eigenvalue weighted by Gasteiger charge is 2.23. The second kappa shape index (κ2) is 6.92. The van der Waals surface area contributed by atoms with E-state index in [1.165, 1.54) is 5.39 Å². The van der Waals surface area contributed by atoms with Crippen molar-refractivity contribution in [3.05, 3.63) is 48.0 Å². The van der Waals surface area contributed by atoms with E-state index in [1.54, 1.807) is 0 Å². The lowest BCUT2D eigenvalue weighted by molar-refractivity contribution is 0.0678. The minimum atomic E-state index is 0. The van der Waals surface area contributed by atoms with Crippen LogP contribution in [0.2, 0.25) is 0 Å². The highest BCUT2D eigenvalue weighted by molar-refractivity contribution is 5.98. The van der Waals surface area contributed by atoms with Crippen LogP contribution in [0, 0.1) is 5.92 Å². The first-order chi connectivity index (χ1) is 9.78. The van der Waals surface area contributed by atoms with Gasteiger partial charge in [-0.15, -0.1) is 12.4 Å². The predicted molar refractivity (Wildman–Crippen MR) is 88.9 cm³/mol. The summed E-state index contributed by atoms with van der Waals surface area (Å²) >= 11 is 0. The van der Waals surface area contributed by atoms with Crippen molar-refractivity contribution in [3.8, 4) is 0 Å². The maximum atomic E-state index is 12.6. The van der Waals surface area contributed by atoms with Crippen molar-refractivity contribution in [1.29, 1.82) is 0 Å². The Labute approximate surface area is 131 Å². The van der Waals surface area contributed by atoms with Gasteiger partial charge in [-0.25, -0.2) is 0 Å². The maximum absolute atomic E-state index is 12.6. The molecule has 2 N–H and O–H groups in total. The molecular formula is C17H21ClN2O. The highest BCUT2D eigenvalue weighted by Crippen LogP contribution is 2.20. The lowest BCUT2D eigenvalue weighted by atomic mass is 9.97. The minimum Gasteiger partial charge on any atom is -0.338 e. The summed E-state index contributed by atoms with van der Waals surface area (Å²) in [6.45, 7) is 2.31. The Kier molecular flexibility index (Phi) is 5.21. The zero-order valence-corrected chi connectivity index (χ0v) is 12.8. The standard InChI is InChI=1S/C17H20N2O.ClH/c18-11-13-4-3-9-19(12-13)17(20)16-8-7-14-5-1-2-6-15(14)10-16;/h1-2,5-8,10,13H,3-4,9,11-12,18H2;1H. The number of benzene rings is 2. The van der Waals surface area contributed by atoms with E-state index in [1.807, 2.05) is 41.3 Å². The van der Waals surface area contributed by atoms with E-state index in [9.17, 15) is 4.79 Å². The molecule has 1 fully saturated rings. The van der Waals surface area contributed by atoms with Crippen molar-refractivity contribution in [2.24, 2.45) is 11.7 Å². The molecule has 1 unspecified atom stereocenters. The van der Waals surface area contributed by atoms with Gasteiger partial charge in [-0.3, -0.25) is 4.79 Å². The fourth-order valence-electron chi connectivity index (χ4n) is 2.95. The molecule has 4 heteroatoms. The number of amides is 1. The molecule has 1 atom stereocenters. The normalized spacial score (nSPS) is 18.3. The van der Waals surface area contributed by atoms with Gasteiger partial charge in [-0.05, 0) is 48.2 Å². The Hall–Kier alpha value is -1.58. The van der Waals surface area contributed by atoms with Crippen LogP contribution >= 0.6 is 12.4 Å². The molecule has 1 heterocycles. The van der Waals surface area contributed by atoms with Crippen LogP contribution in [0.5, 0.6) is 0 Å². The fourth-order valence-corrected chi connectivity index (χ4v) is 2.95. The van der Waals surface area contributed by atoms with Crippen LogP contribution in [-0.4, -0.2) is 30.4 Å². The highest BCUT2D eigenvalue weighted by atomic mass is 35.5. The number of likely N-dealkylation sites (tertiary alicyclic amines) is 1. The Morgan fingerprint density at radius 3 is 2.71 bits per heavy atom. The van der Waals surface area contributed by atoms with Crippen LogP contribution in [0.1, 0.15) is 23.2 Å². The number of hydrogen-bond acceptors (Lipinski definition) is 2. The van der Waals surface area contributed by atoms with Crippen LogP contribution in [0.25, 0.3) is 10.8 Å². The van der Waals surface area contributed by atoms with Gasteiger partial charge in [0.25, 0.3) is 5.91 Å². The summed E-state index contributed by atoms with van der Waals surface area (Å²) in [6.07, 6.45) is 2.19. The molecule has 2 aromatic carbocycles. The van der Waals surface area contributed by atoms with E-state index in [4.69, 9.17) is 5.73 Å². The van der Waals surface area contributed by atoms with Gasteiger partial charge < -0.3 is 10.6 Å². The van der Waals surface area contributed by atoms with E-state index >= 15 is 0 Å². The molecule has 3 nitrogen and oxygen atoms in total. The van der Waals surface area contributed by atoms with E-state index in [2.05, 4.69) is 6.07 Å². The molecule has 21 heavy (non-hydrogen) atoms. The Morgan fingerprint density at radius 1 is 1.19 bits per heavy atom. The van der Waals surface area contributed by atoms with E-state index < -0.39 is 0 Å². The molecule has 1 aliphatic rings. The van der Waals surface area contributed by atoms with Gasteiger partial charge in [0, 0.05) is 18.7 Å². The van der Waals surface area contributed by atoms with Crippen LogP contribution in [0.15, 0.2) is 42.5 Å². The molecule has 0 radical (unpaired) electrons. The number of nitrogens with two attached hydrogens (primary N) is 1. The minimum absolute atomic E-state index is 0. The van der Waals surface area contributed by atoms with E-state index in [0.29, 0.717) is 12.5 Å². The van der Waals surface area contributed by atoms with Gasteiger partial charge in [0.1, 0.15) is 0 Å². The van der Waals surface area contributed by atoms with Crippen LogP contribution < -0.4 is 5.73 Å². The van der Waals surface area contributed by atoms with Crippen molar-refractivity contribution in [1.82, 2.24) is 4.90 Å². The Balaban J connectivity index is 0.00000161. The van der Waals surface area contributed by atoms with Gasteiger partial charge in [0.05, 0.1) is 0 Å². The molecule has 1 amide bonds. The summed E-state index contributed by atoms with van der Waals surface area (Å²) in [6, 6.07) is 14.1. The Morgan fingerprint density at radius 2 is 1.95 bits per heavy atom. The fraction of sp³-hybridized carbons (Fsp3) is 0.353.